The van der Waals surface area contributed by atoms with E-state index in [1.807, 2.05) is 0 Å². The molecule has 2 unspecified atom stereocenters. The Labute approximate surface area is 123 Å². The molecule has 2 N–H and O–H groups in total. The van der Waals surface area contributed by atoms with Gasteiger partial charge in [-0.25, -0.2) is 4.39 Å². The van der Waals surface area contributed by atoms with Gasteiger partial charge in [-0.2, -0.15) is 0 Å². The Kier molecular flexibility index (Phi) is 3.10. The fraction of sp³-hybridized carbons (Fsp3) is 0.562. The van der Waals surface area contributed by atoms with Gasteiger partial charge in [0.25, 0.3) is 0 Å². The van der Waals surface area contributed by atoms with Crippen LogP contribution in [0.4, 0.5) is 15.8 Å². The normalized spacial score (nSPS) is 28.1. The van der Waals surface area contributed by atoms with E-state index in [2.05, 4.69) is 15.5 Å². The van der Waals surface area contributed by atoms with Crippen LogP contribution in [0.15, 0.2) is 12.1 Å². The minimum atomic E-state index is -0.207. The molecule has 4 rings (SSSR count). The average Bonchev–Trinajstić information content (AvgIpc) is 3.05. The number of carbonyl (C=O) groups excluding carboxylic acids is 1. The maximum absolute atomic E-state index is 14.3. The van der Waals surface area contributed by atoms with Crippen molar-refractivity contribution in [2.75, 3.05) is 23.7 Å². The lowest BCUT2D eigenvalue weighted by molar-refractivity contribution is -0.116. The van der Waals surface area contributed by atoms with Crippen LogP contribution in [0, 0.1) is 5.82 Å². The molecule has 0 bridgehead atoms. The van der Waals surface area contributed by atoms with Gasteiger partial charge in [0.2, 0.25) is 5.91 Å². The Morgan fingerprint density at radius 2 is 2.14 bits per heavy atom. The summed E-state index contributed by atoms with van der Waals surface area (Å²) >= 11 is 0. The van der Waals surface area contributed by atoms with Gasteiger partial charge < -0.3 is 10.6 Å². The molecule has 1 amide bonds. The standard InChI is InChI=1S/C16H20FN3O/c17-11-8-10-3-4-16(21)19-13(10)9-14(11)18-12-5-7-20-6-1-2-15(12)20/h8-9,12,15,18H,1-7H2,(H,19,21). The number of carbonyl (C=O) groups is 1. The lowest BCUT2D eigenvalue weighted by Gasteiger charge is -2.24. The second-order valence-corrected chi connectivity index (χ2v) is 6.32. The summed E-state index contributed by atoms with van der Waals surface area (Å²) in [4.78, 5) is 14.0. The van der Waals surface area contributed by atoms with Gasteiger partial charge in [-0.15, -0.1) is 0 Å². The third kappa shape index (κ3) is 2.29. The molecule has 0 aliphatic carbocycles. The lowest BCUT2D eigenvalue weighted by atomic mass is 10.0. The number of benzene rings is 1. The molecule has 2 atom stereocenters. The molecule has 0 radical (unpaired) electrons. The fourth-order valence-electron chi connectivity index (χ4n) is 3.96. The first-order valence-corrected chi connectivity index (χ1v) is 7.83. The zero-order valence-electron chi connectivity index (χ0n) is 12.0. The monoisotopic (exact) mass is 289 g/mol. The number of nitrogens with one attached hydrogen (secondary N) is 2. The number of fused-ring (bicyclic) bond motifs is 2. The van der Waals surface area contributed by atoms with Crippen LogP contribution in [0.5, 0.6) is 0 Å². The smallest absolute Gasteiger partial charge is 0.224 e. The molecule has 0 aromatic heterocycles. The molecule has 2 saturated heterocycles. The van der Waals surface area contributed by atoms with Gasteiger partial charge in [0.05, 0.1) is 5.69 Å². The fourth-order valence-corrected chi connectivity index (χ4v) is 3.96. The van der Waals surface area contributed by atoms with Crippen LogP contribution in [0.3, 0.4) is 0 Å². The SMILES string of the molecule is O=C1CCc2cc(F)c(NC3CCN4CCCC34)cc2N1. The molecule has 21 heavy (non-hydrogen) atoms. The molecule has 5 heteroatoms. The number of rotatable bonds is 2. The van der Waals surface area contributed by atoms with E-state index in [4.69, 9.17) is 0 Å². The second kappa shape index (κ2) is 4.98. The van der Waals surface area contributed by atoms with Crippen molar-refractivity contribution in [3.05, 3.63) is 23.5 Å². The van der Waals surface area contributed by atoms with Crippen molar-refractivity contribution in [3.63, 3.8) is 0 Å². The molecular weight excluding hydrogens is 269 g/mol. The first kappa shape index (κ1) is 13.1. The van der Waals surface area contributed by atoms with Crippen molar-refractivity contribution in [3.8, 4) is 0 Å². The van der Waals surface area contributed by atoms with E-state index in [0.717, 1.165) is 24.2 Å². The van der Waals surface area contributed by atoms with E-state index in [9.17, 15) is 9.18 Å². The van der Waals surface area contributed by atoms with Gasteiger partial charge in [0, 0.05) is 30.7 Å². The average molecular weight is 289 g/mol. The quantitative estimate of drug-likeness (QED) is 0.878. The molecule has 3 aliphatic heterocycles. The van der Waals surface area contributed by atoms with Crippen LogP contribution in [0.2, 0.25) is 0 Å². The minimum absolute atomic E-state index is 0.0166. The van der Waals surface area contributed by atoms with E-state index >= 15 is 0 Å². The summed E-state index contributed by atoms with van der Waals surface area (Å²) < 4.78 is 14.3. The van der Waals surface area contributed by atoms with Crippen molar-refractivity contribution in [2.24, 2.45) is 0 Å². The predicted molar refractivity (Wildman–Crippen MR) is 80.0 cm³/mol. The van der Waals surface area contributed by atoms with Gasteiger partial charge in [-0.05, 0) is 49.9 Å². The van der Waals surface area contributed by atoms with Gasteiger partial charge in [-0.1, -0.05) is 0 Å². The summed E-state index contributed by atoms with van der Waals surface area (Å²) in [7, 11) is 0. The molecule has 112 valence electrons. The number of halogens is 1. The maximum atomic E-state index is 14.3. The number of nitrogens with zero attached hydrogens (tertiary/aromatic N) is 1. The minimum Gasteiger partial charge on any atom is -0.378 e. The van der Waals surface area contributed by atoms with E-state index in [1.165, 1.54) is 19.4 Å². The highest BCUT2D eigenvalue weighted by atomic mass is 19.1. The molecular formula is C16H20FN3O. The van der Waals surface area contributed by atoms with Crippen LogP contribution in [-0.2, 0) is 11.2 Å². The van der Waals surface area contributed by atoms with Crippen molar-refractivity contribution in [1.29, 1.82) is 0 Å². The molecule has 0 spiro atoms. The Hall–Kier alpha value is -1.62. The summed E-state index contributed by atoms with van der Waals surface area (Å²) in [6.07, 6.45) is 4.57. The summed E-state index contributed by atoms with van der Waals surface area (Å²) in [5.41, 5.74) is 2.18. The maximum Gasteiger partial charge on any atom is 0.224 e. The lowest BCUT2D eigenvalue weighted by Crippen LogP contribution is -2.34. The first-order chi connectivity index (χ1) is 10.2. The number of aryl methyl sites for hydroxylation is 1. The Balaban J connectivity index is 1.57. The molecule has 2 fully saturated rings. The van der Waals surface area contributed by atoms with Gasteiger partial charge in [0.1, 0.15) is 5.82 Å². The molecule has 1 aromatic carbocycles. The predicted octanol–water partition coefficient (Wildman–Crippen LogP) is 2.36. The Morgan fingerprint density at radius 3 is 3.05 bits per heavy atom. The summed E-state index contributed by atoms with van der Waals surface area (Å²) in [5, 5.41) is 6.22. The zero-order chi connectivity index (χ0) is 14.4. The number of hydrogen-bond donors (Lipinski definition) is 2. The van der Waals surface area contributed by atoms with Gasteiger partial charge in [0.15, 0.2) is 0 Å². The van der Waals surface area contributed by atoms with Crippen LogP contribution in [0.25, 0.3) is 0 Å². The van der Waals surface area contributed by atoms with Gasteiger partial charge >= 0.3 is 0 Å². The van der Waals surface area contributed by atoms with Crippen molar-refractivity contribution < 1.29 is 9.18 Å². The highest BCUT2D eigenvalue weighted by molar-refractivity contribution is 5.94. The molecule has 4 nitrogen and oxygen atoms in total. The van der Waals surface area contributed by atoms with Crippen LogP contribution in [0.1, 0.15) is 31.2 Å². The number of amides is 1. The van der Waals surface area contributed by atoms with Crippen molar-refractivity contribution >= 4 is 17.3 Å². The molecule has 3 aliphatic rings. The summed E-state index contributed by atoms with van der Waals surface area (Å²) in [5.74, 6) is -0.191. The van der Waals surface area contributed by atoms with Crippen LogP contribution in [-0.4, -0.2) is 36.0 Å². The molecule has 1 aromatic rings. The Morgan fingerprint density at radius 1 is 1.24 bits per heavy atom. The largest absolute Gasteiger partial charge is 0.378 e. The third-order valence-corrected chi connectivity index (χ3v) is 5.04. The van der Waals surface area contributed by atoms with Crippen LogP contribution < -0.4 is 10.6 Å². The van der Waals surface area contributed by atoms with Crippen molar-refractivity contribution in [2.45, 2.75) is 44.2 Å². The Bertz CT molecular complexity index is 589. The highest BCUT2D eigenvalue weighted by Gasteiger charge is 2.37. The second-order valence-electron chi connectivity index (χ2n) is 6.32. The molecule has 0 saturated carbocycles. The third-order valence-electron chi connectivity index (χ3n) is 5.04. The topological polar surface area (TPSA) is 44.4 Å². The molecule has 3 heterocycles. The van der Waals surface area contributed by atoms with E-state index in [-0.39, 0.29) is 11.7 Å². The van der Waals surface area contributed by atoms with Crippen molar-refractivity contribution in [1.82, 2.24) is 4.90 Å². The van der Waals surface area contributed by atoms with Crippen LogP contribution >= 0.6 is 0 Å². The van der Waals surface area contributed by atoms with E-state index in [0.29, 0.717) is 30.6 Å². The number of anilines is 2. The summed E-state index contributed by atoms with van der Waals surface area (Å²) in [6, 6.07) is 4.19. The first-order valence-electron chi connectivity index (χ1n) is 7.83. The summed E-state index contributed by atoms with van der Waals surface area (Å²) in [6.45, 7) is 2.28. The zero-order valence-corrected chi connectivity index (χ0v) is 12.0. The van der Waals surface area contributed by atoms with E-state index in [1.54, 1.807) is 12.1 Å². The highest BCUT2D eigenvalue weighted by Crippen LogP contribution is 2.33. The number of hydrogen-bond acceptors (Lipinski definition) is 3. The van der Waals surface area contributed by atoms with Gasteiger partial charge in [-0.3, -0.25) is 9.69 Å². The van der Waals surface area contributed by atoms with E-state index < -0.39 is 0 Å².